The molecule has 5 atom stereocenters. The Balaban J connectivity index is 2.09. The molecule has 0 saturated carbocycles. The lowest BCUT2D eigenvalue weighted by Gasteiger charge is -2.37. The lowest BCUT2D eigenvalue weighted by atomic mass is 9.91. The van der Waals surface area contributed by atoms with Crippen molar-refractivity contribution < 1.29 is 42.9 Å². The van der Waals surface area contributed by atoms with E-state index in [0.29, 0.717) is 0 Å². The molecule has 0 N–H and O–H groups in total. The first-order valence-corrected chi connectivity index (χ1v) is 7.59. The summed E-state index contributed by atoms with van der Waals surface area (Å²) in [4.78, 5) is 45.4. The van der Waals surface area contributed by atoms with Crippen LogP contribution in [-0.4, -0.2) is 61.5 Å². The highest BCUT2D eigenvalue weighted by molar-refractivity contribution is 5.76. The topological polar surface area (TPSA) is 114 Å². The van der Waals surface area contributed by atoms with Gasteiger partial charge in [0.25, 0.3) is 0 Å². The van der Waals surface area contributed by atoms with Gasteiger partial charge < -0.3 is 23.7 Å². The third-order valence-corrected chi connectivity index (χ3v) is 3.77. The number of ether oxygens (including phenoxy) is 5. The van der Waals surface area contributed by atoms with Gasteiger partial charge in [-0.05, 0) is 6.42 Å². The van der Waals surface area contributed by atoms with Gasteiger partial charge in [0.05, 0.1) is 19.1 Å². The minimum atomic E-state index is -0.937. The second kappa shape index (κ2) is 7.61. The predicted octanol–water partition coefficient (Wildman–Crippen LogP) is -0.257. The Hall–Kier alpha value is -2.16. The summed E-state index contributed by atoms with van der Waals surface area (Å²) in [7, 11) is 0. The van der Waals surface area contributed by atoms with Crippen molar-refractivity contribution in [1.82, 2.24) is 0 Å². The molecule has 0 aliphatic carbocycles. The summed E-state index contributed by atoms with van der Waals surface area (Å²) in [6, 6.07) is 0. The van der Waals surface area contributed by atoms with Crippen LogP contribution in [-0.2, 0) is 42.9 Å². The number of carbonyl (C=O) groups excluding carboxylic acids is 4. The molecule has 2 aliphatic rings. The number of hydrogen-bond acceptors (Lipinski definition) is 9. The molecule has 9 nitrogen and oxygen atoms in total. The summed E-state index contributed by atoms with van der Waals surface area (Å²) in [6.07, 6.45) is -3.10. The first-order chi connectivity index (χ1) is 11.3. The summed E-state index contributed by atoms with van der Waals surface area (Å²) >= 11 is 0. The molecule has 2 fully saturated rings. The van der Waals surface area contributed by atoms with Gasteiger partial charge in [-0.25, -0.2) is 0 Å². The summed E-state index contributed by atoms with van der Waals surface area (Å²) in [5.74, 6) is -2.77. The maximum atomic E-state index is 12.1. The van der Waals surface area contributed by atoms with Crippen molar-refractivity contribution in [2.75, 3.05) is 13.2 Å². The number of hydrogen-bond donors (Lipinski definition) is 0. The third-order valence-electron chi connectivity index (χ3n) is 3.77. The predicted molar refractivity (Wildman–Crippen MR) is 75.5 cm³/mol. The Morgan fingerprint density at radius 3 is 2.29 bits per heavy atom. The molecule has 2 unspecified atom stereocenters. The molecule has 2 aliphatic heterocycles. The standard InChI is InChI=1S/C15H20O9/c1-7(16)20-5-4-10-12-14(24-15(10)19)13(23-9(3)18)11(6-21-12)22-8(2)17/h10-14H,4-6H2,1-3H3/t10?,11-,12?,13+,14+/m1/s1. The number of fused-ring (bicyclic) bond motifs is 1. The molecule has 24 heavy (non-hydrogen) atoms. The fourth-order valence-corrected chi connectivity index (χ4v) is 2.89. The summed E-state index contributed by atoms with van der Waals surface area (Å²) in [5, 5.41) is 0. The van der Waals surface area contributed by atoms with Gasteiger partial charge in [-0.1, -0.05) is 0 Å². The molecular formula is C15H20O9. The van der Waals surface area contributed by atoms with Crippen LogP contribution in [0.4, 0.5) is 0 Å². The monoisotopic (exact) mass is 344 g/mol. The molecule has 0 bridgehead atoms. The van der Waals surface area contributed by atoms with Crippen molar-refractivity contribution in [3.8, 4) is 0 Å². The molecule has 0 radical (unpaired) electrons. The van der Waals surface area contributed by atoms with E-state index in [0.717, 1.165) is 0 Å². The Kier molecular flexibility index (Phi) is 5.76. The summed E-state index contributed by atoms with van der Waals surface area (Å²) in [5.41, 5.74) is 0. The lowest BCUT2D eigenvalue weighted by Crippen LogP contribution is -2.55. The van der Waals surface area contributed by atoms with Gasteiger partial charge in [-0.2, -0.15) is 0 Å². The van der Waals surface area contributed by atoms with Gasteiger partial charge >= 0.3 is 23.9 Å². The van der Waals surface area contributed by atoms with Gasteiger partial charge in [0.15, 0.2) is 18.3 Å². The molecule has 2 rings (SSSR count). The van der Waals surface area contributed by atoms with E-state index in [1.165, 1.54) is 20.8 Å². The second-order valence-corrected chi connectivity index (χ2v) is 5.66. The van der Waals surface area contributed by atoms with E-state index in [4.69, 9.17) is 23.7 Å². The smallest absolute Gasteiger partial charge is 0.312 e. The maximum absolute atomic E-state index is 12.1. The number of carbonyl (C=O) groups is 4. The van der Waals surface area contributed by atoms with Crippen molar-refractivity contribution in [2.45, 2.75) is 51.6 Å². The van der Waals surface area contributed by atoms with E-state index in [1.54, 1.807) is 0 Å². The van der Waals surface area contributed by atoms with Crippen molar-refractivity contribution in [1.29, 1.82) is 0 Å². The largest absolute Gasteiger partial charge is 0.466 e. The molecule has 0 amide bonds. The zero-order valence-corrected chi connectivity index (χ0v) is 13.7. The van der Waals surface area contributed by atoms with Gasteiger partial charge in [0, 0.05) is 20.8 Å². The van der Waals surface area contributed by atoms with Gasteiger partial charge in [0.2, 0.25) is 0 Å². The van der Waals surface area contributed by atoms with Crippen molar-refractivity contribution in [3.63, 3.8) is 0 Å². The van der Waals surface area contributed by atoms with Gasteiger partial charge in [-0.15, -0.1) is 0 Å². The Labute approximate surface area is 138 Å². The van der Waals surface area contributed by atoms with Crippen molar-refractivity contribution in [2.24, 2.45) is 5.92 Å². The second-order valence-electron chi connectivity index (χ2n) is 5.66. The molecule has 2 heterocycles. The highest BCUT2D eigenvalue weighted by atomic mass is 16.7. The molecule has 0 spiro atoms. The molecule has 2 saturated heterocycles. The fourth-order valence-electron chi connectivity index (χ4n) is 2.89. The van der Waals surface area contributed by atoms with E-state index in [2.05, 4.69) is 0 Å². The molecule has 9 heteroatoms. The van der Waals surface area contributed by atoms with Crippen LogP contribution >= 0.6 is 0 Å². The van der Waals surface area contributed by atoms with Crippen LogP contribution in [0.25, 0.3) is 0 Å². The van der Waals surface area contributed by atoms with Crippen LogP contribution in [0.3, 0.4) is 0 Å². The highest BCUT2D eigenvalue weighted by Crippen LogP contribution is 2.35. The first kappa shape index (κ1) is 18.2. The molecule has 0 aromatic rings. The average Bonchev–Trinajstić information content (AvgIpc) is 2.77. The lowest BCUT2D eigenvalue weighted by molar-refractivity contribution is -0.211. The normalized spacial score (nSPS) is 31.6. The van der Waals surface area contributed by atoms with Crippen molar-refractivity contribution >= 4 is 23.9 Å². The first-order valence-electron chi connectivity index (χ1n) is 7.59. The van der Waals surface area contributed by atoms with Crippen molar-refractivity contribution in [3.05, 3.63) is 0 Å². The number of esters is 4. The zero-order valence-electron chi connectivity index (χ0n) is 13.7. The Morgan fingerprint density at radius 1 is 1.04 bits per heavy atom. The van der Waals surface area contributed by atoms with E-state index in [9.17, 15) is 19.2 Å². The summed E-state index contributed by atoms with van der Waals surface area (Å²) in [6.45, 7) is 3.73. The zero-order chi connectivity index (χ0) is 17.9. The fraction of sp³-hybridized carbons (Fsp3) is 0.733. The van der Waals surface area contributed by atoms with Gasteiger partial charge in [-0.3, -0.25) is 19.2 Å². The average molecular weight is 344 g/mol. The van der Waals surface area contributed by atoms with Crippen LogP contribution in [0.15, 0.2) is 0 Å². The van der Waals surface area contributed by atoms with E-state index in [1.807, 2.05) is 0 Å². The van der Waals surface area contributed by atoms with Gasteiger partial charge in [0.1, 0.15) is 6.10 Å². The van der Waals surface area contributed by atoms with Crippen LogP contribution in [0, 0.1) is 5.92 Å². The summed E-state index contributed by atoms with van der Waals surface area (Å²) < 4.78 is 26.0. The third kappa shape index (κ3) is 4.22. The molecule has 0 aromatic carbocycles. The molecule has 0 aromatic heterocycles. The van der Waals surface area contributed by atoms with Crippen LogP contribution in [0.1, 0.15) is 27.2 Å². The minimum absolute atomic E-state index is 0.0284. The van der Waals surface area contributed by atoms with E-state index in [-0.39, 0.29) is 19.6 Å². The minimum Gasteiger partial charge on any atom is -0.466 e. The SMILES string of the molecule is CC(=O)OCCC1C(=O)O[C@H]2C1OC[C@@H](OC(C)=O)[C@@H]2OC(C)=O. The van der Waals surface area contributed by atoms with Crippen LogP contribution in [0.2, 0.25) is 0 Å². The van der Waals surface area contributed by atoms with E-state index < -0.39 is 54.2 Å². The van der Waals surface area contributed by atoms with Crippen LogP contribution < -0.4 is 0 Å². The Morgan fingerprint density at radius 2 is 1.71 bits per heavy atom. The highest BCUT2D eigenvalue weighted by Gasteiger charge is 2.56. The van der Waals surface area contributed by atoms with E-state index >= 15 is 0 Å². The Bertz CT molecular complexity index is 529. The molecule has 134 valence electrons. The van der Waals surface area contributed by atoms with Crippen LogP contribution in [0.5, 0.6) is 0 Å². The molecular weight excluding hydrogens is 324 g/mol. The quantitative estimate of drug-likeness (QED) is 0.491. The number of rotatable bonds is 5. The maximum Gasteiger partial charge on any atom is 0.312 e.